The summed E-state index contributed by atoms with van der Waals surface area (Å²) in [6.07, 6.45) is 2.62. The second-order valence-electron chi connectivity index (χ2n) is 6.22. The van der Waals surface area contributed by atoms with E-state index in [1.54, 1.807) is 6.92 Å². The van der Waals surface area contributed by atoms with Crippen LogP contribution in [0, 0.1) is 13.8 Å². The van der Waals surface area contributed by atoms with Crippen molar-refractivity contribution in [1.82, 2.24) is 19.9 Å². The number of hydrogen-bond acceptors (Lipinski definition) is 3. The van der Waals surface area contributed by atoms with Crippen molar-refractivity contribution < 1.29 is 9.59 Å². The third-order valence-electron chi connectivity index (χ3n) is 4.41. The molecule has 6 heteroatoms. The number of ketones is 1. The van der Waals surface area contributed by atoms with Crippen LogP contribution in [0.3, 0.4) is 0 Å². The van der Waals surface area contributed by atoms with Crippen molar-refractivity contribution in [1.29, 1.82) is 0 Å². The van der Waals surface area contributed by atoms with Gasteiger partial charge in [0.25, 0.3) is 5.91 Å². The van der Waals surface area contributed by atoms with Gasteiger partial charge in [-0.3, -0.25) is 9.59 Å². The van der Waals surface area contributed by atoms with Crippen LogP contribution in [0.15, 0.2) is 30.6 Å². The number of hydrogen-bond donors (Lipinski definition) is 2. The molecule has 3 aromatic rings. The smallest absolute Gasteiger partial charge is 0.268 e. The molecular weight excluding hydrogens is 316 g/mol. The zero-order valence-electron chi connectivity index (χ0n) is 14.7. The highest BCUT2D eigenvalue weighted by atomic mass is 16.2. The van der Waals surface area contributed by atoms with Crippen molar-refractivity contribution in [2.75, 3.05) is 6.54 Å². The molecule has 0 saturated heterocycles. The third-order valence-corrected chi connectivity index (χ3v) is 4.41. The van der Waals surface area contributed by atoms with Gasteiger partial charge in [0.05, 0.1) is 17.4 Å². The van der Waals surface area contributed by atoms with Crippen molar-refractivity contribution in [2.45, 2.75) is 33.7 Å². The summed E-state index contributed by atoms with van der Waals surface area (Å²) < 4.78 is 2.08. The van der Waals surface area contributed by atoms with Gasteiger partial charge in [0.15, 0.2) is 5.78 Å². The maximum Gasteiger partial charge on any atom is 0.268 e. The minimum Gasteiger partial charge on any atom is -0.354 e. The average molecular weight is 338 g/mol. The predicted octanol–water partition coefficient (Wildman–Crippen LogP) is 3.00. The van der Waals surface area contributed by atoms with Crippen molar-refractivity contribution in [3.63, 3.8) is 0 Å². The zero-order valence-corrected chi connectivity index (χ0v) is 14.7. The second kappa shape index (κ2) is 6.93. The van der Waals surface area contributed by atoms with Crippen LogP contribution in [0.2, 0.25) is 0 Å². The Morgan fingerprint density at radius 1 is 1.24 bits per heavy atom. The highest BCUT2D eigenvalue weighted by Crippen LogP contribution is 2.18. The molecule has 2 heterocycles. The number of nitrogens with one attached hydrogen (secondary N) is 2. The average Bonchev–Trinajstić information content (AvgIpc) is 3.12. The van der Waals surface area contributed by atoms with Gasteiger partial charge >= 0.3 is 0 Å². The van der Waals surface area contributed by atoms with Crippen LogP contribution in [0.4, 0.5) is 0 Å². The van der Waals surface area contributed by atoms with Crippen molar-refractivity contribution >= 4 is 22.7 Å². The Kier molecular flexibility index (Phi) is 4.70. The second-order valence-corrected chi connectivity index (χ2v) is 6.22. The number of amides is 1. The van der Waals surface area contributed by atoms with E-state index in [9.17, 15) is 9.59 Å². The Labute approximate surface area is 146 Å². The molecular formula is C19H22N4O2. The van der Waals surface area contributed by atoms with Crippen LogP contribution in [0.5, 0.6) is 0 Å². The Bertz CT molecular complexity index is 936. The van der Waals surface area contributed by atoms with Gasteiger partial charge in [-0.2, -0.15) is 0 Å². The zero-order chi connectivity index (χ0) is 18.0. The third kappa shape index (κ3) is 3.33. The quantitative estimate of drug-likeness (QED) is 0.535. The normalized spacial score (nSPS) is 11.0. The molecule has 0 saturated carbocycles. The number of nitrogens with zero attached hydrogens (tertiary/aromatic N) is 2. The van der Waals surface area contributed by atoms with Crippen LogP contribution in [0.1, 0.15) is 45.4 Å². The summed E-state index contributed by atoms with van der Waals surface area (Å²) in [6.45, 7) is 6.46. The lowest BCUT2D eigenvalue weighted by Crippen LogP contribution is -2.26. The number of imidazole rings is 1. The van der Waals surface area contributed by atoms with E-state index < -0.39 is 0 Å². The molecule has 25 heavy (non-hydrogen) atoms. The molecule has 0 unspecified atom stereocenters. The molecule has 0 fully saturated rings. The fraction of sp³-hybridized carbons (Fsp3) is 0.316. The maximum absolute atomic E-state index is 12.4. The Balaban J connectivity index is 1.58. The minimum atomic E-state index is -0.177. The molecule has 1 aromatic carbocycles. The van der Waals surface area contributed by atoms with Gasteiger partial charge in [-0.15, -0.1) is 0 Å². The molecule has 0 aliphatic heterocycles. The van der Waals surface area contributed by atoms with E-state index >= 15 is 0 Å². The molecule has 0 aliphatic rings. The largest absolute Gasteiger partial charge is 0.354 e. The first-order valence-electron chi connectivity index (χ1n) is 8.37. The molecule has 0 spiro atoms. The number of Topliss-reactive ketones (excluding diaryl/α,β-unsaturated/α-hetero) is 1. The summed E-state index contributed by atoms with van der Waals surface area (Å²) in [6, 6.07) is 7.98. The molecule has 1 amide bonds. The van der Waals surface area contributed by atoms with Crippen molar-refractivity contribution in [3.05, 3.63) is 53.1 Å². The fourth-order valence-corrected chi connectivity index (χ4v) is 3.23. The van der Waals surface area contributed by atoms with E-state index in [4.69, 9.17) is 0 Å². The molecule has 0 radical (unpaired) electrons. The van der Waals surface area contributed by atoms with E-state index in [1.807, 2.05) is 37.5 Å². The number of carbonyl (C=O) groups is 2. The highest BCUT2D eigenvalue weighted by molar-refractivity contribution is 6.02. The van der Waals surface area contributed by atoms with Crippen LogP contribution < -0.4 is 5.32 Å². The lowest BCUT2D eigenvalue weighted by Gasteiger charge is -2.07. The number of rotatable bonds is 6. The number of para-hydroxylation sites is 2. The number of aryl methyl sites for hydroxylation is 2. The minimum absolute atomic E-state index is 0.0303. The van der Waals surface area contributed by atoms with Gasteiger partial charge in [-0.1, -0.05) is 12.1 Å². The van der Waals surface area contributed by atoms with E-state index in [0.717, 1.165) is 29.7 Å². The highest BCUT2D eigenvalue weighted by Gasteiger charge is 2.19. The summed E-state index contributed by atoms with van der Waals surface area (Å²) in [5.74, 6) is -0.208. The van der Waals surface area contributed by atoms with Gasteiger partial charge in [0, 0.05) is 24.3 Å². The number of H-pyrrole nitrogens is 1. The van der Waals surface area contributed by atoms with Gasteiger partial charge in [-0.25, -0.2) is 4.98 Å². The van der Waals surface area contributed by atoms with Gasteiger partial charge in [-0.05, 0) is 44.9 Å². The fourth-order valence-electron chi connectivity index (χ4n) is 3.23. The molecule has 3 rings (SSSR count). The van der Waals surface area contributed by atoms with Crippen LogP contribution in [-0.4, -0.2) is 32.8 Å². The Hall–Kier alpha value is -2.89. The Morgan fingerprint density at radius 2 is 2.00 bits per heavy atom. The van der Waals surface area contributed by atoms with Crippen LogP contribution >= 0.6 is 0 Å². The summed E-state index contributed by atoms with van der Waals surface area (Å²) in [5.41, 5.74) is 4.59. The van der Waals surface area contributed by atoms with Crippen LogP contribution in [-0.2, 0) is 6.54 Å². The monoisotopic (exact) mass is 338 g/mol. The molecule has 0 aliphatic carbocycles. The lowest BCUT2D eigenvalue weighted by atomic mass is 10.1. The maximum atomic E-state index is 12.4. The summed E-state index contributed by atoms with van der Waals surface area (Å²) in [4.78, 5) is 31.4. The SMILES string of the molecule is CC(=O)c1c(C)[nH]c(C(=O)NCCCn2cnc3ccccc32)c1C. The molecule has 2 aromatic heterocycles. The summed E-state index contributed by atoms with van der Waals surface area (Å²) >= 11 is 0. The number of aromatic nitrogens is 3. The molecule has 0 bridgehead atoms. The number of fused-ring (bicyclic) bond motifs is 1. The van der Waals surface area contributed by atoms with E-state index in [-0.39, 0.29) is 11.7 Å². The van der Waals surface area contributed by atoms with E-state index in [1.165, 1.54) is 6.92 Å². The van der Waals surface area contributed by atoms with Crippen molar-refractivity contribution in [2.24, 2.45) is 0 Å². The first kappa shape index (κ1) is 17.0. The number of aromatic amines is 1. The first-order valence-corrected chi connectivity index (χ1v) is 8.37. The number of benzene rings is 1. The first-order chi connectivity index (χ1) is 12.0. The Morgan fingerprint density at radius 3 is 2.72 bits per heavy atom. The molecule has 2 N–H and O–H groups in total. The van der Waals surface area contributed by atoms with Gasteiger partial charge in [0.1, 0.15) is 5.69 Å². The van der Waals surface area contributed by atoms with Gasteiger partial charge < -0.3 is 14.9 Å². The summed E-state index contributed by atoms with van der Waals surface area (Å²) in [7, 11) is 0. The molecule has 6 nitrogen and oxygen atoms in total. The molecule has 0 atom stereocenters. The topological polar surface area (TPSA) is 79.8 Å². The van der Waals surface area contributed by atoms with E-state index in [0.29, 0.717) is 23.4 Å². The van der Waals surface area contributed by atoms with E-state index in [2.05, 4.69) is 19.9 Å². The lowest BCUT2D eigenvalue weighted by molar-refractivity contribution is 0.0947. The van der Waals surface area contributed by atoms with Crippen LogP contribution in [0.25, 0.3) is 11.0 Å². The van der Waals surface area contributed by atoms with Crippen molar-refractivity contribution in [3.8, 4) is 0 Å². The summed E-state index contributed by atoms with van der Waals surface area (Å²) in [5, 5.41) is 2.91. The molecule has 130 valence electrons. The van der Waals surface area contributed by atoms with Gasteiger partial charge in [0.2, 0.25) is 0 Å². The number of carbonyl (C=O) groups excluding carboxylic acids is 2. The standard InChI is InChI=1S/C19H22N4O2/c1-12-17(14(3)24)13(2)22-18(12)19(25)20-9-6-10-23-11-21-15-7-4-5-8-16(15)23/h4-5,7-8,11,22H,6,9-10H2,1-3H3,(H,20,25). The predicted molar refractivity (Wildman–Crippen MR) is 97.0 cm³/mol.